The van der Waals surface area contributed by atoms with Crippen LogP contribution >= 0.6 is 12.6 Å². The molecule has 2 nitrogen and oxygen atoms in total. The number of benzene rings is 1. The minimum atomic E-state index is 0.661. The molecule has 0 aliphatic rings. The minimum absolute atomic E-state index is 0.661. The number of fused-ring (bicyclic) bond motifs is 1. The summed E-state index contributed by atoms with van der Waals surface area (Å²) in [6, 6.07) is 8.32. The summed E-state index contributed by atoms with van der Waals surface area (Å²) >= 11 is 4.15. The maximum atomic E-state index is 4.15. The highest BCUT2D eigenvalue weighted by atomic mass is 32.1. The lowest BCUT2D eigenvalue weighted by Crippen LogP contribution is -1.92. The van der Waals surface area contributed by atoms with E-state index in [1.807, 2.05) is 19.2 Å². The molecular weight excluding hydrogens is 180 g/mol. The molecule has 0 spiro atoms. The Morgan fingerprint density at radius 2 is 2.15 bits per heavy atom. The van der Waals surface area contributed by atoms with Gasteiger partial charge in [0.2, 0.25) is 0 Å². The molecule has 1 aromatic heterocycles. The van der Waals surface area contributed by atoms with Crippen molar-refractivity contribution >= 4 is 29.2 Å². The Hall–Kier alpha value is -1.09. The third-order valence-electron chi connectivity index (χ3n) is 2.17. The topological polar surface area (TPSA) is 17.0 Å². The highest BCUT2D eigenvalue weighted by Gasteiger charge is 2.03. The molecule has 0 amide bonds. The van der Waals surface area contributed by atoms with Crippen LogP contribution in [0.2, 0.25) is 0 Å². The molecular formula is C10H12N2S. The van der Waals surface area contributed by atoms with Crippen molar-refractivity contribution in [2.45, 2.75) is 0 Å². The van der Waals surface area contributed by atoms with Crippen LogP contribution in [-0.2, 0) is 7.05 Å². The Bertz CT molecular complexity index is 420. The van der Waals surface area contributed by atoms with Crippen LogP contribution in [0.4, 0.5) is 5.69 Å². The van der Waals surface area contributed by atoms with Crippen LogP contribution < -0.4 is 5.32 Å². The fourth-order valence-electron chi connectivity index (χ4n) is 1.57. The standard InChI is InChI=1S/C10H12N2S/c1-12-6-9(11-7-13)8-4-2-3-5-10(8)12/h2-6,11,13H,7H2,1H3. The normalized spacial score (nSPS) is 10.6. The summed E-state index contributed by atoms with van der Waals surface area (Å²) in [5.41, 5.74) is 2.39. The zero-order valence-electron chi connectivity index (χ0n) is 7.49. The van der Waals surface area contributed by atoms with E-state index in [1.165, 1.54) is 10.9 Å². The van der Waals surface area contributed by atoms with Crippen LogP contribution in [0.3, 0.4) is 0 Å². The summed E-state index contributed by atoms with van der Waals surface area (Å²) in [7, 11) is 2.05. The second-order valence-corrected chi connectivity index (χ2v) is 3.32. The zero-order valence-corrected chi connectivity index (χ0v) is 8.38. The molecule has 13 heavy (non-hydrogen) atoms. The van der Waals surface area contributed by atoms with Gasteiger partial charge in [0.15, 0.2) is 0 Å². The fraction of sp³-hybridized carbons (Fsp3) is 0.200. The molecule has 2 aromatic rings. The highest BCUT2D eigenvalue weighted by Crippen LogP contribution is 2.24. The number of thiol groups is 1. The monoisotopic (exact) mass is 192 g/mol. The first-order valence-electron chi connectivity index (χ1n) is 4.21. The quantitative estimate of drug-likeness (QED) is 0.552. The molecule has 1 heterocycles. The smallest absolute Gasteiger partial charge is 0.0606 e. The third kappa shape index (κ3) is 1.40. The predicted molar refractivity (Wildman–Crippen MR) is 60.4 cm³/mol. The first-order chi connectivity index (χ1) is 6.33. The number of aromatic nitrogens is 1. The van der Waals surface area contributed by atoms with E-state index in [4.69, 9.17) is 0 Å². The van der Waals surface area contributed by atoms with Gasteiger partial charge in [0.1, 0.15) is 0 Å². The molecule has 0 aliphatic carbocycles. The molecule has 0 saturated carbocycles. The zero-order chi connectivity index (χ0) is 9.26. The van der Waals surface area contributed by atoms with E-state index in [2.05, 4.69) is 40.8 Å². The van der Waals surface area contributed by atoms with Gasteiger partial charge >= 0.3 is 0 Å². The summed E-state index contributed by atoms with van der Waals surface area (Å²) in [4.78, 5) is 0. The number of rotatable bonds is 2. The molecule has 0 saturated heterocycles. The van der Waals surface area contributed by atoms with E-state index in [0.717, 1.165) is 5.69 Å². The van der Waals surface area contributed by atoms with Gasteiger partial charge in [-0.05, 0) is 6.07 Å². The number of hydrogen-bond acceptors (Lipinski definition) is 2. The molecule has 0 atom stereocenters. The van der Waals surface area contributed by atoms with Gasteiger partial charge in [0.05, 0.1) is 11.6 Å². The minimum Gasteiger partial charge on any atom is -0.375 e. The summed E-state index contributed by atoms with van der Waals surface area (Å²) in [5.74, 6) is 0.661. The van der Waals surface area contributed by atoms with Crippen molar-refractivity contribution in [2.75, 3.05) is 11.2 Å². The van der Waals surface area contributed by atoms with Crippen molar-refractivity contribution in [3.63, 3.8) is 0 Å². The predicted octanol–water partition coefficient (Wildman–Crippen LogP) is 2.48. The lowest BCUT2D eigenvalue weighted by Gasteiger charge is -1.97. The molecule has 1 aromatic carbocycles. The molecule has 0 aliphatic heterocycles. The van der Waals surface area contributed by atoms with E-state index >= 15 is 0 Å². The Balaban J connectivity index is 2.63. The van der Waals surface area contributed by atoms with E-state index in [-0.39, 0.29) is 0 Å². The average Bonchev–Trinajstić information content (AvgIpc) is 2.46. The van der Waals surface area contributed by atoms with Gasteiger partial charge < -0.3 is 9.88 Å². The lowest BCUT2D eigenvalue weighted by molar-refractivity contribution is 0.969. The third-order valence-corrected chi connectivity index (χ3v) is 2.32. The molecule has 0 bridgehead atoms. The van der Waals surface area contributed by atoms with Gasteiger partial charge in [-0.1, -0.05) is 18.2 Å². The fourth-order valence-corrected chi connectivity index (χ4v) is 1.74. The number of nitrogens with zero attached hydrogens (tertiary/aromatic N) is 1. The highest BCUT2D eigenvalue weighted by molar-refractivity contribution is 7.80. The van der Waals surface area contributed by atoms with Crippen molar-refractivity contribution in [1.82, 2.24) is 4.57 Å². The summed E-state index contributed by atoms with van der Waals surface area (Å²) in [6.07, 6.45) is 2.08. The number of anilines is 1. The Morgan fingerprint density at radius 3 is 2.92 bits per heavy atom. The van der Waals surface area contributed by atoms with Crippen molar-refractivity contribution in [3.8, 4) is 0 Å². The summed E-state index contributed by atoms with van der Waals surface area (Å²) in [5, 5.41) is 4.46. The van der Waals surface area contributed by atoms with Crippen LogP contribution in [0.1, 0.15) is 0 Å². The number of hydrogen-bond donors (Lipinski definition) is 2. The average molecular weight is 192 g/mol. The van der Waals surface area contributed by atoms with Gasteiger partial charge in [-0.3, -0.25) is 0 Å². The molecule has 0 unspecified atom stereocenters. The van der Waals surface area contributed by atoms with E-state index in [9.17, 15) is 0 Å². The van der Waals surface area contributed by atoms with Gasteiger partial charge in [-0.2, -0.15) is 12.6 Å². The van der Waals surface area contributed by atoms with Crippen LogP contribution in [0.25, 0.3) is 10.9 Å². The van der Waals surface area contributed by atoms with Gasteiger partial charge in [0.25, 0.3) is 0 Å². The van der Waals surface area contributed by atoms with E-state index < -0.39 is 0 Å². The van der Waals surface area contributed by atoms with Gasteiger partial charge in [-0.25, -0.2) is 0 Å². The first-order valence-corrected chi connectivity index (χ1v) is 4.85. The molecule has 2 rings (SSSR count). The molecule has 68 valence electrons. The maximum absolute atomic E-state index is 4.15. The van der Waals surface area contributed by atoms with Crippen LogP contribution in [0.5, 0.6) is 0 Å². The van der Waals surface area contributed by atoms with Crippen LogP contribution in [0.15, 0.2) is 30.5 Å². The van der Waals surface area contributed by atoms with E-state index in [0.29, 0.717) is 5.88 Å². The van der Waals surface area contributed by atoms with E-state index in [1.54, 1.807) is 0 Å². The van der Waals surface area contributed by atoms with Crippen LogP contribution in [0, 0.1) is 0 Å². The molecule has 0 fully saturated rings. The summed E-state index contributed by atoms with van der Waals surface area (Å²) < 4.78 is 2.11. The Kier molecular flexibility index (Phi) is 2.19. The number of para-hydroxylation sites is 1. The second kappa shape index (κ2) is 3.34. The van der Waals surface area contributed by atoms with Gasteiger partial charge in [0, 0.05) is 24.1 Å². The second-order valence-electron chi connectivity index (χ2n) is 3.01. The summed E-state index contributed by atoms with van der Waals surface area (Å²) in [6.45, 7) is 0. The van der Waals surface area contributed by atoms with Crippen molar-refractivity contribution in [1.29, 1.82) is 0 Å². The Morgan fingerprint density at radius 1 is 1.38 bits per heavy atom. The SMILES string of the molecule is Cn1cc(NCS)c2ccccc21. The Labute approximate surface area is 83.0 Å². The van der Waals surface area contributed by atoms with Crippen LogP contribution in [-0.4, -0.2) is 10.4 Å². The molecule has 3 heteroatoms. The van der Waals surface area contributed by atoms with Crippen molar-refractivity contribution in [3.05, 3.63) is 30.5 Å². The van der Waals surface area contributed by atoms with Crippen molar-refractivity contribution < 1.29 is 0 Å². The first kappa shape index (κ1) is 8.51. The molecule has 1 N–H and O–H groups in total. The molecule has 0 radical (unpaired) electrons. The maximum Gasteiger partial charge on any atom is 0.0606 e. The number of nitrogens with one attached hydrogen (secondary N) is 1. The van der Waals surface area contributed by atoms with Gasteiger partial charge in [-0.15, -0.1) is 0 Å². The largest absolute Gasteiger partial charge is 0.375 e. The van der Waals surface area contributed by atoms with Crippen molar-refractivity contribution in [2.24, 2.45) is 7.05 Å². The lowest BCUT2D eigenvalue weighted by atomic mass is 10.2. The number of aryl methyl sites for hydroxylation is 1.